The molecule has 0 radical (unpaired) electrons. The Kier molecular flexibility index (Phi) is 3.14. The van der Waals surface area contributed by atoms with Crippen molar-refractivity contribution in [1.29, 1.82) is 0 Å². The summed E-state index contributed by atoms with van der Waals surface area (Å²) < 4.78 is 11.3. The van der Waals surface area contributed by atoms with Crippen molar-refractivity contribution in [1.82, 2.24) is 0 Å². The second-order valence-electron chi connectivity index (χ2n) is 4.29. The second-order valence-corrected chi connectivity index (χ2v) is 6.33. The molecule has 3 heteroatoms. The van der Waals surface area contributed by atoms with Crippen molar-refractivity contribution in [3.63, 3.8) is 0 Å². The third kappa shape index (κ3) is 2.60. The van der Waals surface area contributed by atoms with Gasteiger partial charge in [0.2, 0.25) is 0 Å². The average molecular weight is 271 g/mol. The fourth-order valence-electron chi connectivity index (χ4n) is 1.61. The maximum absolute atomic E-state index is 5.72. The van der Waals surface area contributed by atoms with E-state index in [9.17, 15) is 0 Å². The Morgan fingerprint density at radius 3 is 2.00 bits per heavy atom. The molecule has 0 aliphatic carbocycles. The largest absolute Gasteiger partial charge is 0.346 e. The topological polar surface area (TPSA) is 18.5 Å². The molecule has 0 spiro atoms. The van der Waals surface area contributed by atoms with E-state index in [-0.39, 0.29) is 10.6 Å². The molecule has 15 heavy (non-hydrogen) atoms. The molecule has 0 saturated heterocycles. The first kappa shape index (κ1) is 11.1. The van der Waals surface area contributed by atoms with Crippen LogP contribution in [0.25, 0.3) is 0 Å². The third-order valence-electron chi connectivity index (χ3n) is 2.46. The number of alkyl halides is 1. The molecule has 2 rings (SSSR count). The average Bonchev–Trinajstić information content (AvgIpc) is 2.38. The van der Waals surface area contributed by atoms with E-state index in [1.54, 1.807) is 0 Å². The van der Waals surface area contributed by atoms with Crippen LogP contribution in [0, 0.1) is 0 Å². The molecule has 1 aliphatic rings. The van der Waals surface area contributed by atoms with Crippen LogP contribution in [-0.4, -0.2) is 10.6 Å². The Morgan fingerprint density at radius 2 is 1.60 bits per heavy atom. The fraction of sp³-hybridized carbons (Fsp3) is 0.500. The zero-order chi connectivity index (χ0) is 10.9. The Bertz CT molecular complexity index is 317. The first-order chi connectivity index (χ1) is 7.07. The van der Waals surface area contributed by atoms with Gasteiger partial charge >= 0.3 is 0 Å². The Hall–Kier alpha value is -0.380. The lowest BCUT2D eigenvalue weighted by Gasteiger charge is -2.26. The smallest absolute Gasteiger partial charge is 0.173 e. The maximum atomic E-state index is 5.72. The summed E-state index contributed by atoms with van der Waals surface area (Å²) in [5.74, 6) is 0. The van der Waals surface area contributed by atoms with Crippen LogP contribution >= 0.6 is 15.9 Å². The minimum absolute atomic E-state index is 0.158. The van der Waals surface area contributed by atoms with E-state index in [0.717, 1.165) is 0 Å². The highest BCUT2D eigenvalue weighted by atomic mass is 79.9. The van der Waals surface area contributed by atoms with Gasteiger partial charge in [-0.2, -0.15) is 0 Å². The van der Waals surface area contributed by atoms with Crippen LogP contribution in [0.1, 0.15) is 25.0 Å². The SMILES string of the molecule is CC(C)(Br)C1OCc2ccccc2CO1. The van der Waals surface area contributed by atoms with Gasteiger partial charge in [0.25, 0.3) is 0 Å². The molecule has 0 aromatic heterocycles. The Labute approximate surface area is 98.7 Å². The standard InChI is InChI=1S/C12H15BrO2/c1-12(2,13)11-14-7-9-5-3-4-6-10(9)8-15-11/h3-6,11H,7-8H2,1-2H3. The summed E-state index contributed by atoms with van der Waals surface area (Å²) in [5.41, 5.74) is 2.44. The zero-order valence-electron chi connectivity index (χ0n) is 9.00. The maximum Gasteiger partial charge on any atom is 0.173 e. The molecule has 0 unspecified atom stereocenters. The molecule has 0 bridgehead atoms. The van der Waals surface area contributed by atoms with Gasteiger partial charge in [0.05, 0.1) is 17.5 Å². The molecule has 0 saturated carbocycles. The second kappa shape index (κ2) is 4.24. The molecule has 2 nitrogen and oxygen atoms in total. The molecule has 0 amide bonds. The van der Waals surface area contributed by atoms with Gasteiger partial charge in [0.1, 0.15) is 0 Å². The van der Waals surface area contributed by atoms with E-state index in [0.29, 0.717) is 13.2 Å². The van der Waals surface area contributed by atoms with Gasteiger partial charge in [0.15, 0.2) is 6.29 Å². The monoisotopic (exact) mass is 270 g/mol. The first-order valence-electron chi connectivity index (χ1n) is 5.06. The van der Waals surface area contributed by atoms with Crippen molar-refractivity contribution in [2.45, 2.75) is 37.7 Å². The lowest BCUT2D eigenvalue weighted by atomic mass is 10.1. The third-order valence-corrected chi connectivity index (χ3v) is 2.83. The minimum Gasteiger partial charge on any atom is -0.346 e. The van der Waals surface area contributed by atoms with Gasteiger partial charge in [-0.25, -0.2) is 0 Å². The molecule has 1 aromatic carbocycles. The lowest BCUT2D eigenvalue weighted by Crippen LogP contribution is -2.33. The summed E-state index contributed by atoms with van der Waals surface area (Å²) in [7, 11) is 0. The number of fused-ring (bicyclic) bond motifs is 1. The van der Waals surface area contributed by atoms with Crippen LogP contribution in [0.15, 0.2) is 24.3 Å². The van der Waals surface area contributed by atoms with Gasteiger partial charge < -0.3 is 9.47 Å². The van der Waals surface area contributed by atoms with Gasteiger partial charge in [0, 0.05) is 0 Å². The molecule has 0 atom stereocenters. The summed E-state index contributed by atoms with van der Waals surface area (Å²) in [4.78, 5) is 0. The molecule has 1 heterocycles. The summed E-state index contributed by atoms with van der Waals surface area (Å²) in [6.45, 7) is 5.34. The van der Waals surface area contributed by atoms with Gasteiger partial charge in [-0.15, -0.1) is 0 Å². The van der Waals surface area contributed by atoms with E-state index in [4.69, 9.17) is 9.47 Å². The Morgan fingerprint density at radius 1 is 1.13 bits per heavy atom. The minimum atomic E-state index is -0.204. The lowest BCUT2D eigenvalue weighted by molar-refractivity contribution is -0.161. The molecular formula is C12H15BrO2. The summed E-state index contributed by atoms with van der Waals surface area (Å²) in [6.07, 6.45) is -0.204. The number of hydrogen-bond acceptors (Lipinski definition) is 2. The van der Waals surface area contributed by atoms with Gasteiger partial charge in [-0.05, 0) is 25.0 Å². The normalized spacial score (nSPS) is 18.3. The predicted octanol–water partition coefficient (Wildman–Crippen LogP) is 3.23. The van der Waals surface area contributed by atoms with Crippen molar-refractivity contribution in [2.75, 3.05) is 0 Å². The van der Waals surface area contributed by atoms with Crippen LogP contribution in [0.3, 0.4) is 0 Å². The van der Waals surface area contributed by atoms with Crippen molar-refractivity contribution < 1.29 is 9.47 Å². The number of hydrogen-bond donors (Lipinski definition) is 0. The molecular weight excluding hydrogens is 256 g/mol. The number of halogens is 1. The van der Waals surface area contributed by atoms with Crippen LogP contribution in [-0.2, 0) is 22.7 Å². The molecule has 0 fully saturated rings. The van der Waals surface area contributed by atoms with Crippen LogP contribution in [0.5, 0.6) is 0 Å². The van der Waals surface area contributed by atoms with Crippen LogP contribution in [0.4, 0.5) is 0 Å². The van der Waals surface area contributed by atoms with Gasteiger partial charge in [-0.1, -0.05) is 40.2 Å². The summed E-state index contributed by atoms with van der Waals surface area (Å²) >= 11 is 3.57. The summed E-state index contributed by atoms with van der Waals surface area (Å²) in [5, 5.41) is 0. The first-order valence-corrected chi connectivity index (χ1v) is 5.85. The van der Waals surface area contributed by atoms with Crippen molar-refractivity contribution in [3.05, 3.63) is 35.4 Å². The van der Waals surface area contributed by atoms with Crippen molar-refractivity contribution >= 4 is 15.9 Å². The molecule has 1 aliphatic heterocycles. The number of rotatable bonds is 1. The van der Waals surface area contributed by atoms with Crippen molar-refractivity contribution in [2.24, 2.45) is 0 Å². The van der Waals surface area contributed by atoms with E-state index in [1.807, 2.05) is 26.0 Å². The zero-order valence-corrected chi connectivity index (χ0v) is 10.6. The van der Waals surface area contributed by atoms with Gasteiger partial charge in [-0.3, -0.25) is 0 Å². The van der Waals surface area contributed by atoms with Crippen LogP contribution in [0.2, 0.25) is 0 Å². The van der Waals surface area contributed by atoms with E-state index in [2.05, 4.69) is 28.1 Å². The van der Waals surface area contributed by atoms with E-state index in [1.165, 1.54) is 11.1 Å². The van der Waals surface area contributed by atoms with E-state index >= 15 is 0 Å². The quantitative estimate of drug-likeness (QED) is 0.730. The highest BCUT2D eigenvalue weighted by molar-refractivity contribution is 9.10. The predicted molar refractivity (Wildman–Crippen MR) is 62.8 cm³/mol. The number of ether oxygens (including phenoxy) is 2. The highest BCUT2D eigenvalue weighted by Crippen LogP contribution is 2.29. The molecule has 82 valence electrons. The highest BCUT2D eigenvalue weighted by Gasteiger charge is 2.30. The van der Waals surface area contributed by atoms with E-state index < -0.39 is 0 Å². The van der Waals surface area contributed by atoms with Crippen LogP contribution < -0.4 is 0 Å². The Balaban J connectivity index is 2.15. The molecule has 1 aromatic rings. The summed E-state index contributed by atoms with van der Waals surface area (Å²) in [6, 6.07) is 8.23. The van der Waals surface area contributed by atoms with Crippen molar-refractivity contribution in [3.8, 4) is 0 Å². The fourth-order valence-corrected chi connectivity index (χ4v) is 1.88. The molecule has 0 N–H and O–H groups in total. The number of benzene rings is 1.